The monoisotopic (exact) mass is 407 g/mol. The molecule has 1 N–H and O–H groups in total. The maximum Gasteiger partial charge on any atom is 0.307 e. The lowest BCUT2D eigenvalue weighted by Gasteiger charge is -2.12. The summed E-state index contributed by atoms with van der Waals surface area (Å²) < 4.78 is 33.4. The fourth-order valence-electron chi connectivity index (χ4n) is 4.67. The van der Waals surface area contributed by atoms with Gasteiger partial charge in [-0.15, -0.1) is 0 Å². The van der Waals surface area contributed by atoms with Gasteiger partial charge >= 0.3 is 5.97 Å². The van der Waals surface area contributed by atoms with Gasteiger partial charge in [-0.1, -0.05) is 12.1 Å². The molecular formula is C24H19F2NO3. The molecule has 0 saturated heterocycles. The number of aryl methyl sites for hydroxylation is 1. The maximum atomic E-state index is 14.3. The first kappa shape index (κ1) is 18.7. The first-order valence-electron chi connectivity index (χ1n) is 9.83. The molecule has 0 radical (unpaired) electrons. The summed E-state index contributed by atoms with van der Waals surface area (Å²) in [6.45, 7) is 1.76. The number of carboxylic acid groups (broad SMARTS) is 1. The Bertz CT molecular complexity index is 1180. The van der Waals surface area contributed by atoms with E-state index in [1.807, 2.05) is 18.2 Å². The van der Waals surface area contributed by atoms with Crippen molar-refractivity contribution in [3.63, 3.8) is 0 Å². The number of nitrogens with zero attached hydrogens (tertiary/aromatic N) is 1. The third-order valence-corrected chi connectivity index (χ3v) is 6.19. The number of carbonyl (C=O) groups is 1. The third kappa shape index (κ3) is 3.12. The Labute approximate surface area is 172 Å². The van der Waals surface area contributed by atoms with Crippen LogP contribution < -0.4 is 4.74 Å². The van der Waals surface area contributed by atoms with Gasteiger partial charge in [0.15, 0.2) is 0 Å². The summed E-state index contributed by atoms with van der Waals surface area (Å²) in [6.07, 6.45) is 0.745. The zero-order valence-corrected chi connectivity index (χ0v) is 16.2. The van der Waals surface area contributed by atoms with Gasteiger partial charge in [0.05, 0.1) is 5.92 Å². The van der Waals surface area contributed by atoms with Crippen molar-refractivity contribution in [2.45, 2.75) is 25.9 Å². The van der Waals surface area contributed by atoms with Gasteiger partial charge in [0.25, 0.3) is 0 Å². The van der Waals surface area contributed by atoms with Crippen LogP contribution in [-0.4, -0.2) is 16.1 Å². The second-order valence-electron chi connectivity index (χ2n) is 7.98. The highest BCUT2D eigenvalue weighted by atomic mass is 19.1. The van der Waals surface area contributed by atoms with Crippen LogP contribution in [0.15, 0.2) is 48.5 Å². The van der Waals surface area contributed by atoms with Crippen LogP contribution in [0, 0.1) is 30.5 Å². The largest absolute Gasteiger partial charge is 0.489 e. The highest BCUT2D eigenvalue weighted by Gasteiger charge is 2.59. The number of fused-ring (bicyclic) bond motifs is 3. The van der Waals surface area contributed by atoms with Gasteiger partial charge in [-0.25, -0.2) is 9.37 Å². The van der Waals surface area contributed by atoms with Crippen molar-refractivity contribution in [3.8, 4) is 16.9 Å². The molecule has 3 atom stereocenters. The van der Waals surface area contributed by atoms with Crippen LogP contribution in [0.2, 0.25) is 0 Å². The van der Waals surface area contributed by atoms with Crippen LogP contribution >= 0.6 is 0 Å². The average Bonchev–Trinajstić information content (AvgIpc) is 3.30. The molecule has 1 fully saturated rings. The van der Waals surface area contributed by atoms with E-state index < -0.39 is 11.9 Å². The fraction of sp³-hybridized carbons (Fsp3) is 0.250. The Morgan fingerprint density at radius 1 is 1.17 bits per heavy atom. The van der Waals surface area contributed by atoms with Crippen molar-refractivity contribution in [1.29, 1.82) is 0 Å². The predicted molar refractivity (Wildman–Crippen MR) is 106 cm³/mol. The normalized spacial score (nSPS) is 21.1. The number of rotatable bonds is 5. The highest BCUT2D eigenvalue weighted by molar-refractivity contribution is 5.78. The van der Waals surface area contributed by atoms with Gasteiger partial charge < -0.3 is 9.84 Å². The van der Waals surface area contributed by atoms with Crippen LogP contribution in [0.5, 0.6) is 5.75 Å². The molecule has 1 saturated carbocycles. The van der Waals surface area contributed by atoms with Crippen LogP contribution in [0.3, 0.4) is 0 Å². The average molecular weight is 407 g/mol. The van der Waals surface area contributed by atoms with Crippen LogP contribution in [0.4, 0.5) is 8.78 Å². The minimum atomic E-state index is -0.724. The summed E-state index contributed by atoms with van der Waals surface area (Å²) in [5, 5.41) is 9.23. The number of benzene rings is 2. The molecule has 6 heteroatoms. The van der Waals surface area contributed by atoms with E-state index in [9.17, 15) is 18.7 Å². The van der Waals surface area contributed by atoms with Crippen molar-refractivity contribution >= 4 is 5.97 Å². The SMILES string of the molecule is Cc1nc(F)ccc1-c1ccc(F)c(COc2ccc3c(c2)C[C@H]2[C@H](C(=O)O)[C@@H]32)c1. The second-order valence-corrected chi connectivity index (χ2v) is 7.98. The number of pyridine rings is 1. The highest BCUT2D eigenvalue weighted by Crippen LogP contribution is 2.61. The lowest BCUT2D eigenvalue weighted by molar-refractivity contribution is -0.139. The zero-order valence-electron chi connectivity index (χ0n) is 16.2. The van der Waals surface area contributed by atoms with Crippen molar-refractivity contribution in [3.05, 3.63) is 82.7 Å². The summed E-state index contributed by atoms with van der Waals surface area (Å²) in [4.78, 5) is 15.1. The zero-order chi connectivity index (χ0) is 21.0. The molecule has 1 heterocycles. The lowest BCUT2D eigenvalue weighted by atomic mass is 10.0. The summed E-state index contributed by atoms with van der Waals surface area (Å²) in [5.41, 5.74) is 4.61. The summed E-state index contributed by atoms with van der Waals surface area (Å²) >= 11 is 0. The molecule has 30 heavy (non-hydrogen) atoms. The Kier molecular flexibility index (Phi) is 4.31. The van der Waals surface area contributed by atoms with Crippen molar-refractivity contribution in [1.82, 2.24) is 4.98 Å². The Hall–Kier alpha value is -3.28. The number of hydrogen-bond donors (Lipinski definition) is 1. The Morgan fingerprint density at radius 3 is 2.77 bits per heavy atom. The number of hydrogen-bond acceptors (Lipinski definition) is 3. The number of ether oxygens (including phenoxy) is 1. The van der Waals surface area contributed by atoms with Gasteiger partial charge in [0.2, 0.25) is 5.95 Å². The molecule has 2 aliphatic rings. The Morgan fingerprint density at radius 2 is 2.00 bits per heavy atom. The topological polar surface area (TPSA) is 59.4 Å². The standard InChI is InChI=1S/C24H19F2NO3/c1-12-17(5-7-21(26)27-12)13-2-6-20(25)15(8-13)11-30-16-3-4-18-14(9-16)10-19-22(18)23(19)24(28)29/h2-9,19,22-23H,10-11H2,1H3,(H,28,29)/t19-,22+,23+/m1/s1. The molecule has 4 nitrogen and oxygen atoms in total. The molecule has 0 bridgehead atoms. The van der Waals surface area contributed by atoms with Gasteiger partial charge in [0.1, 0.15) is 18.2 Å². The second kappa shape index (κ2) is 6.90. The molecule has 0 amide bonds. The molecule has 152 valence electrons. The lowest BCUT2D eigenvalue weighted by Crippen LogP contribution is -2.05. The molecule has 2 aromatic carbocycles. The Balaban J connectivity index is 1.33. The fourth-order valence-corrected chi connectivity index (χ4v) is 4.67. The first-order valence-corrected chi connectivity index (χ1v) is 9.83. The van der Waals surface area contributed by atoms with E-state index in [4.69, 9.17) is 4.74 Å². The van der Waals surface area contributed by atoms with Gasteiger partial charge in [0, 0.05) is 22.7 Å². The minimum Gasteiger partial charge on any atom is -0.489 e. The van der Waals surface area contributed by atoms with Gasteiger partial charge in [-0.2, -0.15) is 4.39 Å². The van der Waals surface area contributed by atoms with Crippen molar-refractivity contribution in [2.75, 3.05) is 0 Å². The van der Waals surface area contributed by atoms with E-state index in [-0.39, 0.29) is 30.2 Å². The summed E-state index contributed by atoms with van der Waals surface area (Å²) in [7, 11) is 0. The molecule has 0 unspecified atom stereocenters. The van der Waals surface area contributed by atoms with Crippen LogP contribution in [0.25, 0.3) is 11.1 Å². The molecule has 2 aliphatic carbocycles. The minimum absolute atomic E-state index is 0.0523. The number of carboxylic acids is 1. The quantitative estimate of drug-likeness (QED) is 0.612. The van der Waals surface area contributed by atoms with Crippen molar-refractivity contribution in [2.24, 2.45) is 11.8 Å². The van der Waals surface area contributed by atoms with E-state index >= 15 is 0 Å². The molecule has 0 aliphatic heterocycles. The van der Waals surface area contributed by atoms with Gasteiger partial charge in [-0.05, 0) is 72.4 Å². The van der Waals surface area contributed by atoms with E-state index in [0.717, 1.165) is 28.7 Å². The van der Waals surface area contributed by atoms with Crippen LogP contribution in [-0.2, 0) is 17.8 Å². The number of halogens is 2. The number of aliphatic carboxylic acids is 1. The molecule has 1 aromatic heterocycles. The summed E-state index contributed by atoms with van der Waals surface area (Å²) in [6, 6.07) is 13.3. The first-order chi connectivity index (χ1) is 14.4. The maximum absolute atomic E-state index is 14.3. The predicted octanol–water partition coefficient (Wildman–Crippen LogP) is 4.88. The molecule has 5 rings (SSSR count). The summed E-state index contributed by atoms with van der Waals surface area (Å²) in [5.74, 6) is -0.971. The van der Waals surface area contributed by atoms with Gasteiger partial charge in [-0.3, -0.25) is 4.79 Å². The van der Waals surface area contributed by atoms with E-state index in [2.05, 4.69) is 4.98 Å². The van der Waals surface area contributed by atoms with Crippen LogP contribution in [0.1, 0.15) is 28.3 Å². The molecule has 3 aromatic rings. The van der Waals surface area contributed by atoms with E-state index in [1.54, 1.807) is 25.1 Å². The molecule has 0 spiro atoms. The third-order valence-electron chi connectivity index (χ3n) is 6.19. The van der Waals surface area contributed by atoms with E-state index in [1.165, 1.54) is 12.1 Å². The van der Waals surface area contributed by atoms with Crippen molar-refractivity contribution < 1.29 is 23.4 Å². The van der Waals surface area contributed by atoms with E-state index in [0.29, 0.717) is 17.0 Å². The number of aromatic nitrogens is 1. The smallest absolute Gasteiger partial charge is 0.307 e. The molecular weight excluding hydrogens is 388 g/mol.